The van der Waals surface area contributed by atoms with Crippen molar-refractivity contribution in [1.29, 1.82) is 0 Å². The van der Waals surface area contributed by atoms with Gasteiger partial charge in [0.25, 0.3) is 0 Å². The van der Waals surface area contributed by atoms with E-state index in [1.54, 1.807) is 7.11 Å². The maximum absolute atomic E-state index is 11.7. The van der Waals surface area contributed by atoms with Crippen LogP contribution >= 0.6 is 15.9 Å². The average Bonchev–Trinajstić information content (AvgIpc) is 2.33. The Morgan fingerprint density at radius 1 is 1.32 bits per heavy atom. The minimum Gasteiger partial charge on any atom is -0.496 e. The molecule has 106 valence electrons. The second kappa shape index (κ2) is 6.80. The number of hydrogen-bond acceptors (Lipinski definition) is 2. The number of benzene rings is 1. The number of halogens is 1. The second-order valence-electron chi connectivity index (χ2n) is 5.55. The molecule has 1 aromatic rings. The Morgan fingerprint density at radius 3 is 2.58 bits per heavy atom. The van der Waals surface area contributed by atoms with Gasteiger partial charge >= 0.3 is 6.03 Å². The lowest BCUT2D eigenvalue weighted by atomic mass is 9.97. The summed E-state index contributed by atoms with van der Waals surface area (Å²) in [4.78, 5) is 11.7. The number of ether oxygens (including phenoxy) is 1. The zero-order valence-electron chi connectivity index (χ0n) is 11.8. The molecular weight excluding hydrogens is 308 g/mol. The normalized spacial score (nSPS) is 11.0. The number of hydrogen-bond donors (Lipinski definition) is 2. The maximum atomic E-state index is 11.7. The van der Waals surface area contributed by atoms with Gasteiger partial charge in [-0.25, -0.2) is 4.79 Å². The molecule has 0 aliphatic rings. The third-order valence-corrected chi connectivity index (χ3v) is 2.95. The van der Waals surface area contributed by atoms with Gasteiger partial charge in [0.1, 0.15) is 5.75 Å². The highest BCUT2D eigenvalue weighted by molar-refractivity contribution is 9.10. The highest BCUT2D eigenvalue weighted by Crippen LogP contribution is 2.22. The molecule has 2 N–H and O–H groups in total. The molecule has 5 heteroatoms. The number of nitrogens with one attached hydrogen (secondary N) is 2. The lowest BCUT2D eigenvalue weighted by Crippen LogP contribution is -2.39. The van der Waals surface area contributed by atoms with Crippen molar-refractivity contribution in [3.05, 3.63) is 28.2 Å². The molecule has 4 nitrogen and oxygen atoms in total. The van der Waals surface area contributed by atoms with Crippen molar-refractivity contribution in [3.8, 4) is 5.75 Å². The Morgan fingerprint density at radius 2 is 2.00 bits per heavy atom. The predicted molar refractivity (Wildman–Crippen MR) is 80.4 cm³/mol. The number of carbonyl (C=O) groups is 1. The third kappa shape index (κ3) is 5.96. The van der Waals surface area contributed by atoms with Crippen LogP contribution in [0, 0.1) is 5.41 Å². The topological polar surface area (TPSA) is 50.4 Å². The second-order valence-corrected chi connectivity index (χ2v) is 6.47. The van der Waals surface area contributed by atoms with Gasteiger partial charge in [0.2, 0.25) is 0 Å². The van der Waals surface area contributed by atoms with Crippen molar-refractivity contribution in [1.82, 2.24) is 10.6 Å². The van der Waals surface area contributed by atoms with Gasteiger partial charge in [-0.15, -0.1) is 0 Å². The van der Waals surface area contributed by atoms with Crippen LogP contribution in [-0.2, 0) is 6.54 Å². The van der Waals surface area contributed by atoms with E-state index in [0.29, 0.717) is 13.1 Å². The number of rotatable bonds is 4. The molecule has 2 amide bonds. The summed E-state index contributed by atoms with van der Waals surface area (Å²) in [6, 6.07) is 5.54. The van der Waals surface area contributed by atoms with Gasteiger partial charge in [0.05, 0.1) is 7.11 Å². The molecule has 0 aromatic heterocycles. The minimum absolute atomic E-state index is 0.0742. The van der Waals surface area contributed by atoms with Gasteiger partial charge in [-0.2, -0.15) is 0 Å². The lowest BCUT2D eigenvalue weighted by Gasteiger charge is -2.19. The SMILES string of the molecule is COc1ccc(Br)cc1CNC(=O)NCC(C)(C)C. The van der Waals surface area contributed by atoms with Crippen LogP contribution in [0.15, 0.2) is 22.7 Å². The Kier molecular flexibility index (Phi) is 5.66. The summed E-state index contributed by atoms with van der Waals surface area (Å²) in [6.45, 7) is 7.28. The first-order chi connectivity index (χ1) is 8.81. The fourth-order valence-electron chi connectivity index (χ4n) is 1.47. The van der Waals surface area contributed by atoms with Gasteiger partial charge in [-0.1, -0.05) is 36.7 Å². The first kappa shape index (κ1) is 15.8. The number of carbonyl (C=O) groups excluding carboxylic acids is 1. The van der Waals surface area contributed by atoms with Gasteiger partial charge < -0.3 is 15.4 Å². The Balaban J connectivity index is 2.52. The summed E-state index contributed by atoms with van der Waals surface area (Å²) in [6.07, 6.45) is 0. The van der Waals surface area contributed by atoms with E-state index in [4.69, 9.17) is 4.74 Å². The van der Waals surface area contributed by atoms with Gasteiger partial charge in [-0.05, 0) is 23.6 Å². The van der Waals surface area contributed by atoms with Crippen LogP contribution in [0.1, 0.15) is 26.3 Å². The molecular formula is C14H21BrN2O2. The highest BCUT2D eigenvalue weighted by atomic mass is 79.9. The Bertz CT molecular complexity index is 442. The predicted octanol–water partition coefficient (Wildman–Crippen LogP) is 3.30. The molecule has 19 heavy (non-hydrogen) atoms. The van der Waals surface area contributed by atoms with Crippen LogP contribution in [0.4, 0.5) is 4.79 Å². The van der Waals surface area contributed by atoms with Gasteiger partial charge in [0, 0.05) is 23.1 Å². The van der Waals surface area contributed by atoms with Crippen molar-refractivity contribution in [2.24, 2.45) is 5.41 Å². The average molecular weight is 329 g/mol. The monoisotopic (exact) mass is 328 g/mol. The van der Waals surface area contributed by atoms with Crippen LogP contribution in [0.2, 0.25) is 0 Å². The first-order valence-electron chi connectivity index (χ1n) is 6.16. The zero-order valence-corrected chi connectivity index (χ0v) is 13.4. The Hall–Kier alpha value is -1.23. The Labute approximate surface area is 123 Å². The van der Waals surface area contributed by atoms with E-state index in [0.717, 1.165) is 15.8 Å². The first-order valence-corrected chi connectivity index (χ1v) is 6.95. The molecule has 0 aliphatic carbocycles. The third-order valence-electron chi connectivity index (χ3n) is 2.46. The van der Waals surface area contributed by atoms with E-state index in [2.05, 4.69) is 47.3 Å². The number of urea groups is 1. The number of amides is 2. The molecule has 1 aromatic carbocycles. The van der Waals surface area contributed by atoms with Crippen LogP contribution in [-0.4, -0.2) is 19.7 Å². The molecule has 0 saturated heterocycles. The summed E-state index contributed by atoms with van der Waals surface area (Å²) in [5, 5.41) is 5.66. The molecule has 0 heterocycles. The largest absolute Gasteiger partial charge is 0.496 e. The molecule has 0 bridgehead atoms. The summed E-state index contributed by atoms with van der Waals surface area (Å²) >= 11 is 3.41. The van der Waals surface area contributed by atoms with E-state index in [1.165, 1.54) is 0 Å². The fraction of sp³-hybridized carbons (Fsp3) is 0.500. The smallest absolute Gasteiger partial charge is 0.315 e. The van der Waals surface area contributed by atoms with Crippen LogP contribution in [0.25, 0.3) is 0 Å². The summed E-state index contributed by atoms with van der Waals surface area (Å²) in [5.41, 5.74) is 1.01. The van der Waals surface area contributed by atoms with Gasteiger partial charge in [0.15, 0.2) is 0 Å². The standard InChI is InChI=1S/C14H21BrN2O2/c1-14(2,3)9-17-13(18)16-8-10-7-11(15)5-6-12(10)19-4/h5-7H,8-9H2,1-4H3,(H2,16,17,18). The van der Waals surface area contributed by atoms with Crippen LogP contribution < -0.4 is 15.4 Å². The van der Waals surface area contributed by atoms with Gasteiger partial charge in [-0.3, -0.25) is 0 Å². The van der Waals surface area contributed by atoms with Crippen molar-refractivity contribution in [2.75, 3.05) is 13.7 Å². The molecule has 0 radical (unpaired) electrons. The van der Waals surface area contributed by atoms with Crippen LogP contribution in [0.5, 0.6) is 5.75 Å². The van der Waals surface area contributed by atoms with E-state index >= 15 is 0 Å². The quantitative estimate of drug-likeness (QED) is 0.890. The minimum atomic E-state index is -0.169. The van der Waals surface area contributed by atoms with E-state index < -0.39 is 0 Å². The van der Waals surface area contributed by atoms with E-state index in [-0.39, 0.29) is 11.4 Å². The molecule has 0 unspecified atom stereocenters. The zero-order chi connectivity index (χ0) is 14.5. The molecule has 0 spiro atoms. The van der Waals surface area contributed by atoms with Crippen molar-refractivity contribution < 1.29 is 9.53 Å². The van der Waals surface area contributed by atoms with E-state index in [1.807, 2.05) is 18.2 Å². The van der Waals surface area contributed by atoms with Crippen molar-refractivity contribution >= 4 is 22.0 Å². The number of methoxy groups -OCH3 is 1. The molecule has 0 saturated carbocycles. The summed E-state index contributed by atoms with van der Waals surface area (Å²) in [5.74, 6) is 0.763. The van der Waals surface area contributed by atoms with Crippen molar-refractivity contribution in [3.63, 3.8) is 0 Å². The molecule has 0 aliphatic heterocycles. The molecule has 1 rings (SSSR count). The van der Waals surface area contributed by atoms with Crippen LogP contribution in [0.3, 0.4) is 0 Å². The van der Waals surface area contributed by atoms with Crippen molar-refractivity contribution in [2.45, 2.75) is 27.3 Å². The fourth-order valence-corrected chi connectivity index (χ4v) is 1.88. The summed E-state index contributed by atoms with van der Waals surface area (Å²) < 4.78 is 6.21. The van der Waals surface area contributed by atoms with E-state index in [9.17, 15) is 4.79 Å². The maximum Gasteiger partial charge on any atom is 0.315 e. The summed E-state index contributed by atoms with van der Waals surface area (Å²) in [7, 11) is 1.62. The molecule has 0 fully saturated rings. The molecule has 0 atom stereocenters. The highest BCUT2D eigenvalue weighted by Gasteiger charge is 2.12. The lowest BCUT2D eigenvalue weighted by molar-refractivity contribution is 0.235.